The zero-order valence-corrected chi connectivity index (χ0v) is 23.7. The average molecular weight is 528 g/mol. The van der Waals surface area contributed by atoms with Crippen LogP contribution in [0.1, 0.15) is 66.9 Å². The molecule has 2 aromatic rings. The number of carbonyl (C=O) groups excluding carboxylic acids is 4. The maximum atomic E-state index is 12.8. The zero-order valence-electron chi connectivity index (χ0n) is 23.7. The molecule has 10 nitrogen and oxygen atoms in total. The molecule has 3 N–H and O–H groups in total. The summed E-state index contributed by atoms with van der Waals surface area (Å²) in [5.74, 6) is -0.444. The SMILES string of the molecule is CCC(C)(C)CC(=O)CNC(=O)C(Cc1ccc(-c2cn(C)nc2NC(=O)OC(C)(C)C)cc1)NC(C)=O. The fourth-order valence-corrected chi connectivity index (χ4v) is 3.73. The number of nitrogens with one attached hydrogen (secondary N) is 3. The van der Waals surface area contributed by atoms with Gasteiger partial charge in [0.25, 0.3) is 0 Å². The van der Waals surface area contributed by atoms with Crippen molar-refractivity contribution in [3.8, 4) is 11.1 Å². The van der Waals surface area contributed by atoms with Crippen LogP contribution >= 0.6 is 0 Å². The first kappa shape index (κ1) is 30.5. The van der Waals surface area contributed by atoms with Crippen molar-refractivity contribution in [1.29, 1.82) is 0 Å². The Morgan fingerprint density at radius 2 is 1.68 bits per heavy atom. The van der Waals surface area contributed by atoms with Crippen molar-refractivity contribution in [3.05, 3.63) is 36.0 Å². The summed E-state index contributed by atoms with van der Waals surface area (Å²) in [5, 5.41) is 12.4. The standard InChI is InChI=1S/C28H41N5O5/c1-9-28(6,7)15-21(35)16-29-25(36)23(30-18(2)34)14-19-10-12-20(13-11-19)22-17-33(8)32-24(22)31-26(37)38-27(3,4)5/h10-13,17,23H,9,14-16H2,1-8H3,(H,29,36)(H,30,34)(H,31,32,37). The Bertz CT molecular complexity index is 1150. The second-order valence-electron chi connectivity index (χ2n) is 11.3. The molecule has 1 heterocycles. The van der Waals surface area contributed by atoms with E-state index in [0.717, 1.165) is 17.5 Å². The Balaban J connectivity index is 2.11. The summed E-state index contributed by atoms with van der Waals surface area (Å²) in [5.41, 5.74) is 1.55. The number of amides is 3. The van der Waals surface area contributed by atoms with E-state index < -0.39 is 23.6 Å². The molecule has 0 aliphatic heterocycles. The third kappa shape index (κ3) is 9.99. The lowest BCUT2D eigenvalue weighted by molar-refractivity contribution is -0.129. The molecule has 3 amide bonds. The van der Waals surface area contributed by atoms with Gasteiger partial charge in [-0.1, -0.05) is 51.5 Å². The van der Waals surface area contributed by atoms with Crippen molar-refractivity contribution in [3.63, 3.8) is 0 Å². The summed E-state index contributed by atoms with van der Waals surface area (Å²) < 4.78 is 6.92. The van der Waals surface area contributed by atoms with Crippen molar-refractivity contribution in [2.24, 2.45) is 12.5 Å². The lowest BCUT2D eigenvalue weighted by atomic mass is 9.85. The molecular weight excluding hydrogens is 486 g/mol. The number of hydrogen-bond donors (Lipinski definition) is 3. The van der Waals surface area contributed by atoms with Crippen molar-refractivity contribution in [2.45, 2.75) is 79.4 Å². The number of ketones is 1. The first-order valence-corrected chi connectivity index (χ1v) is 12.8. The lowest BCUT2D eigenvalue weighted by Crippen LogP contribution is -2.48. The van der Waals surface area contributed by atoms with Crippen molar-refractivity contribution in [2.75, 3.05) is 11.9 Å². The summed E-state index contributed by atoms with van der Waals surface area (Å²) >= 11 is 0. The van der Waals surface area contributed by atoms with Crippen LogP contribution in [0.15, 0.2) is 30.5 Å². The Morgan fingerprint density at radius 3 is 2.24 bits per heavy atom. The number of rotatable bonds is 11. The Morgan fingerprint density at radius 1 is 1.05 bits per heavy atom. The van der Waals surface area contributed by atoms with Crippen LogP contribution in [0.4, 0.5) is 10.6 Å². The van der Waals surface area contributed by atoms with E-state index in [4.69, 9.17) is 4.74 Å². The molecule has 0 saturated carbocycles. The molecule has 2 rings (SSSR count). The highest BCUT2D eigenvalue weighted by Gasteiger charge is 2.24. The average Bonchev–Trinajstić information content (AvgIpc) is 3.15. The molecule has 0 spiro atoms. The monoisotopic (exact) mass is 527 g/mol. The van der Waals surface area contributed by atoms with Gasteiger partial charge in [-0.15, -0.1) is 0 Å². The molecule has 0 aliphatic carbocycles. The van der Waals surface area contributed by atoms with Crippen LogP contribution in [0.5, 0.6) is 0 Å². The summed E-state index contributed by atoms with van der Waals surface area (Å²) in [7, 11) is 1.75. The molecule has 10 heteroatoms. The van der Waals surface area contributed by atoms with E-state index in [-0.39, 0.29) is 30.1 Å². The number of benzene rings is 1. The van der Waals surface area contributed by atoms with Crippen LogP contribution in [0.3, 0.4) is 0 Å². The number of Topliss-reactive ketones (excluding diaryl/α,β-unsaturated/α-hetero) is 1. The lowest BCUT2D eigenvalue weighted by Gasteiger charge is -2.22. The second kappa shape index (κ2) is 12.7. The first-order valence-electron chi connectivity index (χ1n) is 12.8. The number of aromatic nitrogens is 2. The van der Waals surface area contributed by atoms with Crippen LogP contribution < -0.4 is 16.0 Å². The number of ether oxygens (including phenoxy) is 1. The summed E-state index contributed by atoms with van der Waals surface area (Å²) in [6, 6.07) is 6.57. The number of nitrogens with zero attached hydrogens (tertiary/aromatic N) is 2. The molecule has 1 unspecified atom stereocenters. The van der Waals surface area contributed by atoms with Crippen LogP contribution in [0, 0.1) is 5.41 Å². The van der Waals surface area contributed by atoms with E-state index in [1.807, 2.05) is 45.0 Å². The zero-order chi connectivity index (χ0) is 28.7. The molecule has 1 aromatic heterocycles. The van der Waals surface area contributed by atoms with E-state index >= 15 is 0 Å². The molecule has 1 aromatic carbocycles. The molecule has 1 atom stereocenters. The highest BCUT2D eigenvalue weighted by molar-refractivity contribution is 5.91. The molecule has 38 heavy (non-hydrogen) atoms. The van der Waals surface area contributed by atoms with Crippen molar-refractivity contribution >= 4 is 29.5 Å². The van der Waals surface area contributed by atoms with Gasteiger partial charge in [-0.25, -0.2) is 4.79 Å². The van der Waals surface area contributed by atoms with Gasteiger partial charge in [0.2, 0.25) is 11.8 Å². The summed E-state index contributed by atoms with van der Waals surface area (Å²) in [6.07, 6.45) is 2.65. The summed E-state index contributed by atoms with van der Waals surface area (Å²) in [4.78, 5) is 49.1. The van der Waals surface area contributed by atoms with Gasteiger partial charge in [-0.2, -0.15) is 5.10 Å². The molecule has 0 fully saturated rings. The van der Waals surface area contributed by atoms with Crippen molar-refractivity contribution in [1.82, 2.24) is 20.4 Å². The Kier molecular flexibility index (Phi) is 10.2. The Labute approximate surface area is 224 Å². The molecule has 0 aliphatic rings. The van der Waals surface area contributed by atoms with Crippen LogP contribution in [-0.4, -0.2) is 51.7 Å². The van der Waals surface area contributed by atoms with E-state index in [9.17, 15) is 19.2 Å². The molecule has 0 radical (unpaired) electrons. The van der Waals surface area contributed by atoms with E-state index in [0.29, 0.717) is 17.8 Å². The predicted molar refractivity (Wildman–Crippen MR) is 147 cm³/mol. The number of aryl methyl sites for hydroxylation is 1. The van der Waals surface area contributed by atoms with E-state index in [1.54, 1.807) is 38.7 Å². The minimum Gasteiger partial charge on any atom is -0.444 e. The molecule has 208 valence electrons. The molecule has 0 bridgehead atoms. The van der Waals surface area contributed by atoms with E-state index in [1.165, 1.54) is 6.92 Å². The second-order valence-corrected chi connectivity index (χ2v) is 11.3. The van der Waals surface area contributed by atoms with Crippen LogP contribution in [-0.2, 0) is 32.6 Å². The highest BCUT2D eigenvalue weighted by Crippen LogP contribution is 2.28. The fourth-order valence-electron chi connectivity index (χ4n) is 3.73. The van der Waals surface area contributed by atoms with Crippen LogP contribution in [0.25, 0.3) is 11.1 Å². The van der Waals surface area contributed by atoms with Gasteiger partial charge in [0.15, 0.2) is 11.6 Å². The maximum absolute atomic E-state index is 12.8. The third-order valence-electron chi connectivity index (χ3n) is 5.94. The minimum absolute atomic E-state index is 0.0524. The molecule has 0 saturated heterocycles. The number of carbonyl (C=O) groups is 4. The van der Waals surface area contributed by atoms with Gasteiger partial charge < -0.3 is 15.4 Å². The smallest absolute Gasteiger partial charge is 0.413 e. The minimum atomic E-state index is -0.826. The number of hydrogen-bond acceptors (Lipinski definition) is 6. The topological polar surface area (TPSA) is 131 Å². The van der Waals surface area contributed by atoms with Gasteiger partial charge >= 0.3 is 6.09 Å². The number of anilines is 1. The summed E-state index contributed by atoms with van der Waals surface area (Å²) in [6.45, 7) is 12.7. The fraction of sp³-hybridized carbons (Fsp3) is 0.536. The van der Waals surface area contributed by atoms with Gasteiger partial charge in [0, 0.05) is 38.6 Å². The Hall–Kier alpha value is -3.69. The van der Waals surface area contributed by atoms with E-state index in [2.05, 4.69) is 21.0 Å². The van der Waals surface area contributed by atoms with Crippen LogP contribution in [0.2, 0.25) is 0 Å². The van der Waals surface area contributed by atoms with Gasteiger partial charge in [-0.05, 0) is 37.3 Å². The van der Waals surface area contributed by atoms with Gasteiger partial charge in [0.1, 0.15) is 11.6 Å². The van der Waals surface area contributed by atoms with Crippen molar-refractivity contribution < 1.29 is 23.9 Å². The maximum Gasteiger partial charge on any atom is 0.413 e. The predicted octanol–water partition coefficient (Wildman–Crippen LogP) is 3.99. The third-order valence-corrected chi connectivity index (χ3v) is 5.94. The normalized spacial score (nSPS) is 12.4. The molecular formula is C28H41N5O5. The quantitative estimate of drug-likeness (QED) is 0.405. The van der Waals surface area contributed by atoms with Gasteiger partial charge in [-0.3, -0.25) is 24.4 Å². The first-order chi connectivity index (χ1) is 17.6. The van der Waals surface area contributed by atoms with Gasteiger partial charge in [0.05, 0.1) is 6.54 Å². The highest BCUT2D eigenvalue weighted by atomic mass is 16.6. The largest absolute Gasteiger partial charge is 0.444 e.